The molecule has 0 atom stereocenters. The lowest BCUT2D eigenvalue weighted by atomic mass is 9.91. The van der Waals surface area contributed by atoms with Crippen molar-refractivity contribution in [2.24, 2.45) is 0 Å². The highest BCUT2D eigenvalue weighted by molar-refractivity contribution is 5.92. The minimum absolute atomic E-state index is 0.197. The summed E-state index contributed by atoms with van der Waals surface area (Å²) < 4.78 is 21.1. The molecule has 5 heteroatoms. The Balaban J connectivity index is 2.11. The lowest BCUT2D eigenvalue weighted by Crippen LogP contribution is -2.03. The molecule has 0 aliphatic carbocycles. The second-order valence-corrected chi connectivity index (χ2v) is 5.68. The molecular weight excluding hydrogens is 308 g/mol. The summed E-state index contributed by atoms with van der Waals surface area (Å²) in [7, 11) is 2.97. The molecule has 0 saturated carbocycles. The van der Waals surface area contributed by atoms with Crippen LogP contribution in [-0.4, -0.2) is 27.0 Å². The molecule has 0 aromatic heterocycles. The molecule has 0 bridgehead atoms. The Morgan fingerprint density at radius 2 is 1.92 bits per heavy atom. The molecule has 2 aromatic rings. The number of hydrogen-bond donors (Lipinski definition) is 0. The Bertz CT molecular complexity index is 767. The molecule has 24 heavy (non-hydrogen) atoms. The van der Waals surface area contributed by atoms with Gasteiger partial charge in [0.15, 0.2) is 6.79 Å². The first-order valence-corrected chi connectivity index (χ1v) is 7.68. The summed E-state index contributed by atoms with van der Waals surface area (Å²) in [6.45, 7) is 3.21. The summed E-state index contributed by atoms with van der Waals surface area (Å²) in [5, 5.41) is 0. The number of fused-ring (bicyclic) bond motifs is 3. The average molecular weight is 328 g/mol. The van der Waals surface area contributed by atoms with Gasteiger partial charge in [-0.15, -0.1) is 0 Å². The van der Waals surface area contributed by atoms with Gasteiger partial charge in [0.2, 0.25) is 0 Å². The summed E-state index contributed by atoms with van der Waals surface area (Å²) in [5.74, 6) is 0.395. The normalized spacial score (nSPS) is 12.8. The van der Waals surface area contributed by atoms with E-state index in [1.165, 1.54) is 7.11 Å². The van der Waals surface area contributed by atoms with Crippen molar-refractivity contribution in [1.29, 1.82) is 0 Å². The molecule has 1 heterocycles. The molecule has 5 nitrogen and oxygen atoms in total. The van der Waals surface area contributed by atoms with Crippen molar-refractivity contribution in [2.45, 2.75) is 20.1 Å². The van der Waals surface area contributed by atoms with Crippen molar-refractivity contribution in [2.75, 3.05) is 21.0 Å². The van der Waals surface area contributed by atoms with Gasteiger partial charge in [-0.2, -0.15) is 0 Å². The topological polar surface area (TPSA) is 54.0 Å². The number of benzene rings is 2. The predicted molar refractivity (Wildman–Crippen MR) is 89.0 cm³/mol. The van der Waals surface area contributed by atoms with E-state index in [0.29, 0.717) is 18.8 Å². The Labute approximate surface area is 141 Å². The highest BCUT2D eigenvalue weighted by Gasteiger charge is 2.20. The van der Waals surface area contributed by atoms with E-state index < -0.39 is 0 Å². The third kappa shape index (κ3) is 3.13. The van der Waals surface area contributed by atoms with E-state index in [1.807, 2.05) is 31.2 Å². The van der Waals surface area contributed by atoms with Gasteiger partial charge in [0.1, 0.15) is 5.75 Å². The number of ether oxygens (including phenoxy) is 4. The summed E-state index contributed by atoms with van der Waals surface area (Å²) in [5.41, 5.74) is 5.76. The largest absolute Gasteiger partial charge is 0.468 e. The molecular formula is C19H20O5. The van der Waals surface area contributed by atoms with Gasteiger partial charge in [-0.3, -0.25) is 0 Å². The fraction of sp³-hybridized carbons (Fsp3) is 0.316. The fourth-order valence-corrected chi connectivity index (χ4v) is 2.98. The highest BCUT2D eigenvalue weighted by atomic mass is 16.7. The Hall–Kier alpha value is -2.37. The first-order chi connectivity index (χ1) is 11.6. The van der Waals surface area contributed by atoms with Crippen LogP contribution in [0.1, 0.15) is 27.0 Å². The number of rotatable bonds is 4. The van der Waals surface area contributed by atoms with E-state index in [-0.39, 0.29) is 12.8 Å². The lowest BCUT2D eigenvalue weighted by Gasteiger charge is -2.15. The van der Waals surface area contributed by atoms with Gasteiger partial charge >= 0.3 is 5.97 Å². The monoisotopic (exact) mass is 328 g/mol. The van der Waals surface area contributed by atoms with Crippen molar-refractivity contribution in [1.82, 2.24) is 0 Å². The zero-order chi connectivity index (χ0) is 17.1. The molecule has 1 aliphatic heterocycles. The second-order valence-electron chi connectivity index (χ2n) is 5.68. The maximum atomic E-state index is 11.9. The number of hydrogen-bond acceptors (Lipinski definition) is 5. The maximum Gasteiger partial charge on any atom is 0.337 e. The van der Waals surface area contributed by atoms with Crippen molar-refractivity contribution < 1.29 is 23.7 Å². The molecule has 0 unspecified atom stereocenters. The number of carbonyl (C=O) groups is 1. The molecule has 0 saturated heterocycles. The Morgan fingerprint density at radius 3 is 2.67 bits per heavy atom. The standard InChI is InChI=1S/C19H20O5/c1-12-6-16(24-11-21-2)7-15-10-23-9-14-5-4-13(19(20)22-3)8-17(14)18(12)15/h4-8H,9-11H2,1-3H3. The van der Waals surface area contributed by atoms with Crippen LogP contribution >= 0.6 is 0 Å². The summed E-state index contributed by atoms with van der Waals surface area (Å²) in [4.78, 5) is 11.9. The number of methoxy groups -OCH3 is 2. The van der Waals surface area contributed by atoms with Crippen molar-refractivity contribution in [3.05, 3.63) is 52.6 Å². The van der Waals surface area contributed by atoms with Gasteiger partial charge in [-0.05, 0) is 59.0 Å². The van der Waals surface area contributed by atoms with Crippen LogP contribution in [0.3, 0.4) is 0 Å². The molecule has 0 spiro atoms. The minimum atomic E-state index is -0.345. The number of esters is 1. The van der Waals surface area contributed by atoms with E-state index in [2.05, 4.69) is 0 Å². The van der Waals surface area contributed by atoms with Crippen LogP contribution in [-0.2, 0) is 27.4 Å². The minimum Gasteiger partial charge on any atom is -0.468 e. The third-order valence-corrected chi connectivity index (χ3v) is 4.05. The quantitative estimate of drug-likeness (QED) is 0.635. The Kier molecular flexibility index (Phi) is 4.83. The molecule has 0 radical (unpaired) electrons. The number of aryl methyl sites for hydroxylation is 1. The first-order valence-electron chi connectivity index (χ1n) is 7.68. The average Bonchev–Trinajstić information content (AvgIpc) is 2.77. The van der Waals surface area contributed by atoms with E-state index >= 15 is 0 Å². The fourth-order valence-electron chi connectivity index (χ4n) is 2.98. The van der Waals surface area contributed by atoms with Gasteiger partial charge in [0.05, 0.1) is 25.9 Å². The number of carbonyl (C=O) groups excluding carboxylic acids is 1. The van der Waals surface area contributed by atoms with Gasteiger partial charge in [-0.1, -0.05) is 6.07 Å². The highest BCUT2D eigenvalue weighted by Crippen LogP contribution is 2.37. The van der Waals surface area contributed by atoms with Crippen LogP contribution in [0.15, 0.2) is 30.3 Å². The van der Waals surface area contributed by atoms with Crippen LogP contribution in [0.2, 0.25) is 0 Å². The molecule has 0 N–H and O–H groups in total. The van der Waals surface area contributed by atoms with Gasteiger partial charge in [0, 0.05) is 7.11 Å². The van der Waals surface area contributed by atoms with Crippen LogP contribution in [0.25, 0.3) is 11.1 Å². The van der Waals surface area contributed by atoms with Gasteiger partial charge < -0.3 is 18.9 Å². The summed E-state index contributed by atoms with van der Waals surface area (Å²) >= 11 is 0. The van der Waals surface area contributed by atoms with Gasteiger partial charge in [-0.25, -0.2) is 4.79 Å². The summed E-state index contributed by atoms with van der Waals surface area (Å²) in [6, 6.07) is 9.49. The van der Waals surface area contributed by atoms with Crippen LogP contribution in [0, 0.1) is 6.92 Å². The van der Waals surface area contributed by atoms with Crippen LogP contribution in [0.5, 0.6) is 5.75 Å². The van der Waals surface area contributed by atoms with E-state index in [1.54, 1.807) is 13.2 Å². The first kappa shape index (κ1) is 16.5. The third-order valence-electron chi connectivity index (χ3n) is 4.05. The smallest absolute Gasteiger partial charge is 0.337 e. The van der Waals surface area contributed by atoms with E-state index in [0.717, 1.165) is 33.6 Å². The molecule has 2 aromatic carbocycles. The maximum absolute atomic E-state index is 11.9. The van der Waals surface area contributed by atoms with Crippen molar-refractivity contribution >= 4 is 5.97 Å². The van der Waals surface area contributed by atoms with Crippen molar-refractivity contribution in [3.63, 3.8) is 0 Å². The molecule has 0 amide bonds. The zero-order valence-corrected chi connectivity index (χ0v) is 14.0. The zero-order valence-electron chi connectivity index (χ0n) is 14.0. The molecule has 126 valence electrons. The van der Waals surface area contributed by atoms with Crippen molar-refractivity contribution in [3.8, 4) is 16.9 Å². The lowest BCUT2D eigenvalue weighted by molar-refractivity contribution is 0.0507. The SMILES string of the molecule is COCOc1cc(C)c2c(c1)COCc1ccc(C(=O)OC)cc1-2. The molecule has 3 rings (SSSR count). The van der Waals surface area contributed by atoms with E-state index in [9.17, 15) is 4.79 Å². The predicted octanol–water partition coefficient (Wildman–Crippen LogP) is 3.46. The van der Waals surface area contributed by atoms with E-state index in [4.69, 9.17) is 18.9 Å². The molecule has 1 aliphatic rings. The van der Waals surface area contributed by atoms with Crippen LogP contribution < -0.4 is 4.74 Å². The van der Waals surface area contributed by atoms with Crippen LogP contribution in [0.4, 0.5) is 0 Å². The van der Waals surface area contributed by atoms with Gasteiger partial charge in [0.25, 0.3) is 0 Å². The summed E-state index contributed by atoms with van der Waals surface area (Å²) in [6.07, 6.45) is 0. The molecule has 0 fully saturated rings. The Morgan fingerprint density at radius 1 is 1.12 bits per heavy atom. The second kappa shape index (κ2) is 7.03.